The number of rotatable bonds is 4. The Morgan fingerprint density at radius 3 is 2.20 bits per heavy atom. The lowest BCUT2D eigenvalue weighted by Crippen LogP contribution is -2.39. The van der Waals surface area contributed by atoms with Crippen LogP contribution in [-0.2, 0) is 13.1 Å². The highest BCUT2D eigenvalue weighted by atomic mass is 16.3. The van der Waals surface area contributed by atoms with Crippen LogP contribution in [0.15, 0.2) is 15.7 Å². The standard InChI is InChI=1S/C10H16N2O3/c1-3-5-11-8(13)7-9(14)12(6-4-2)10(11)15/h7,13H,3-6H2,1-2H3. The average Bonchev–Trinajstić information content (AvgIpc) is 2.19. The molecule has 0 radical (unpaired) electrons. The highest BCUT2D eigenvalue weighted by Gasteiger charge is 2.08. The second-order valence-corrected chi connectivity index (χ2v) is 3.43. The lowest BCUT2D eigenvalue weighted by atomic mass is 10.4. The smallest absolute Gasteiger partial charge is 0.333 e. The molecule has 5 heteroatoms. The van der Waals surface area contributed by atoms with Crippen LogP contribution in [0, 0.1) is 0 Å². The minimum Gasteiger partial charge on any atom is -0.494 e. The van der Waals surface area contributed by atoms with Crippen LogP contribution < -0.4 is 11.2 Å². The first-order valence-electron chi connectivity index (χ1n) is 5.15. The van der Waals surface area contributed by atoms with Crippen LogP contribution in [0.4, 0.5) is 0 Å². The van der Waals surface area contributed by atoms with E-state index in [2.05, 4.69) is 0 Å². The third-order valence-corrected chi connectivity index (χ3v) is 2.15. The second-order valence-electron chi connectivity index (χ2n) is 3.43. The molecule has 0 atom stereocenters. The van der Waals surface area contributed by atoms with Crippen molar-refractivity contribution in [3.05, 3.63) is 26.9 Å². The van der Waals surface area contributed by atoms with E-state index in [1.807, 2.05) is 13.8 Å². The van der Waals surface area contributed by atoms with Crippen LogP contribution in [0.25, 0.3) is 0 Å². The van der Waals surface area contributed by atoms with Gasteiger partial charge in [-0.15, -0.1) is 0 Å². The zero-order valence-corrected chi connectivity index (χ0v) is 9.06. The van der Waals surface area contributed by atoms with Crippen LogP contribution in [0.2, 0.25) is 0 Å². The Bertz CT molecular complexity index is 445. The first-order chi connectivity index (χ1) is 7.11. The summed E-state index contributed by atoms with van der Waals surface area (Å²) in [6.07, 6.45) is 1.45. The normalized spacial score (nSPS) is 10.5. The largest absolute Gasteiger partial charge is 0.494 e. The van der Waals surface area contributed by atoms with E-state index in [-0.39, 0.29) is 5.88 Å². The number of nitrogens with zero attached hydrogens (tertiary/aromatic N) is 2. The van der Waals surface area contributed by atoms with Crippen molar-refractivity contribution in [2.24, 2.45) is 0 Å². The van der Waals surface area contributed by atoms with E-state index in [0.29, 0.717) is 19.5 Å². The molecule has 0 saturated heterocycles. The van der Waals surface area contributed by atoms with Crippen molar-refractivity contribution >= 4 is 0 Å². The topological polar surface area (TPSA) is 64.2 Å². The summed E-state index contributed by atoms with van der Waals surface area (Å²) in [5, 5.41) is 9.45. The first kappa shape index (κ1) is 11.6. The van der Waals surface area contributed by atoms with Gasteiger partial charge in [-0.2, -0.15) is 0 Å². The minimum absolute atomic E-state index is 0.251. The molecule has 0 aromatic carbocycles. The van der Waals surface area contributed by atoms with Crippen molar-refractivity contribution in [2.45, 2.75) is 39.8 Å². The van der Waals surface area contributed by atoms with Gasteiger partial charge in [-0.05, 0) is 12.8 Å². The van der Waals surface area contributed by atoms with E-state index >= 15 is 0 Å². The molecule has 1 aromatic heterocycles. The van der Waals surface area contributed by atoms with E-state index in [1.165, 1.54) is 4.57 Å². The summed E-state index contributed by atoms with van der Waals surface area (Å²) >= 11 is 0. The van der Waals surface area contributed by atoms with Gasteiger partial charge in [-0.3, -0.25) is 13.9 Å². The van der Waals surface area contributed by atoms with Gasteiger partial charge < -0.3 is 5.11 Å². The highest BCUT2D eigenvalue weighted by molar-refractivity contribution is 5.06. The minimum atomic E-state index is -0.438. The molecule has 15 heavy (non-hydrogen) atoms. The molecule has 0 amide bonds. The molecule has 0 aliphatic carbocycles. The maximum atomic E-state index is 11.8. The maximum absolute atomic E-state index is 11.8. The van der Waals surface area contributed by atoms with Crippen molar-refractivity contribution in [2.75, 3.05) is 0 Å². The fourth-order valence-corrected chi connectivity index (χ4v) is 1.47. The van der Waals surface area contributed by atoms with Crippen molar-refractivity contribution in [1.29, 1.82) is 0 Å². The number of aromatic nitrogens is 2. The summed E-state index contributed by atoms with van der Waals surface area (Å²) in [7, 11) is 0. The molecule has 0 bridgehead atoms. The molecule has 5 nitrogen and oxygen atoms in total. The molecule has 0 aliphatic rings. The third kappa shape index (κ3) is 2.29. The molecule has 1 aromatic rings. The van der Waals surface area contributed by atoms with Gasteiger partial charge in [0.05, 0.1) is 6.07 Å². The van der Waals surface area contributed by atoms with E-state index in [4.69, 9.17) is 0 Å². The quantitative estimate of drug-likeness (QED) is 0.792. The Morgan fingerprint density at radius 1 is 1.13 bits per heavy atom. The number of aromatic hydroxyl groups is 1. The zero-order valence-electron chi connectivity index (χ0n) is 9.06. The molecule has 0 unspecified atom stereocenters. The summed E-state index contributed by atoms with van der Waals surface area (Å²) < 4.78 is 2.37. The zero-order chi connectivity index (χ0) is 11.4. The van der Waals surface area contributed by atoms with Gasteiger partial charge in [0.25, 0.3) is 5.56 Å². The van der Waals surface area contributed by atoms with Gasteiger partial charge in [0.1, 0.15) is 0 Å². The second kappa shape index (κ2) is 4.82. The van der Waals surface area contributed by atoms with Crippen LogP contribution in [-0.4, -0.2) is 14.2 Å². The summed E-state index contributed by atoms with van der Waals surface area (Å²) in [6, 6.07) is 1.09. The van der Waals surface area contributed by atoms with Crippen molar-refractivity contribution in [1.82, 2.24) is 9.13 Å². The van der Waals surface area contributed by atoms with E-state index < -0.39 is 11.2 Å². The fourth-order valence-electron chi connectivity index (χ4n) is 1.47. The molecule has 0 spiro atoms. The molecule has 1 heterocycles. The summed E-state index contributed by atoms with van der Waals surface area (Å²) in [4.78, 5) is 23.2. The van der Waals surface area contributed by atoms with Gasteiger partial charge in [-0.25, -0.2) is 4.79 Å². The third-order valence-electron chi connectivity index (χ3n) is 2.15. The van der Waals surface area contributed by atoms with E-state index in [9.17, 15) is 14.7 Å². The molecule has 1 rings (SSSR count). The number of hydrogen-bond acceptors (Lipinski definition) is 3. The lowest BCUT2D eigenvalue weighted by molar-refractivity contribution is 0.386. The predicted octanol–water partition coefficient (Wildman–Crippen LogP) is 0.536. The Kier molecular flexibility index (Phi) is 3.71. The average molecular weight is 212 g/mol. The van der Waals surface area contributed by atoms with E-state index in [0.717, 1.165) is 17.1 Å². The van der Waals surface area contributed by atoms with Crippen LogP contribution in [0.3, 0.4) is 0 Å². The molecule has 0 saturated carbocycles. The van der Waals surface area contributed by atoms with Gasteiger partial charge in [0, 0.05) is 13.1 Å². The fraction of sp³-hybridized carbons (Fsp3) is 0.600. The molecule has 84 valence electrons. The van der Waals surface area contributed by atoms with Crippen LogP contribution >= 0.6 is 0 Å². The Labute approximate surface area is 87.6 Å². The lowest BCUT2D eigenvalue weighted by Gasteiger charge is -2.09. The summed E-state index contributed by atoms with van der Waals surface area (Å²) in [5.41, 5.74) is -0.865. The van der Waals surface area contributed by atoms with Gasteiger partial charge >= 0.3 is 5.69 Å². The monoisotopic (exact) mass is 212 g/mol. The van der Waals surface area contributed by atoms with Gasteiger partial charge in [0.15, 0.2) is 0 Å². The molecule has 1 N–H and O–H groups in total. The first-order valence-corrected chi connectivity index (χ1v) is 5.15. The Hall–Kier alpha value is -1.52. The van der Waals surface area contributed by atoms with E-state index in [1.54, 1.807) is 0 Å². The SMILES string of the molecule is CCCn1c(O)cc(=O)n(CCC)c1=O. The maximum Gasteiger partial charge on any atom is 0.333 e. The van der Waals surface area contributed by atoms with Crippen molar-refractivity contribution in [3.8, 4) is 5.88 Å². The molecule has 0 fully saturated rings. The molecular formula is C10H16N2O3. The van der Waals surface area contributed by atoms with Crippen LogP contribution in [0.1, 0.15) is 26.7 Å². The molecule has 0 aliphatic heterocycles. The molecular weight excluding hydrogens is 196 g/mol. The van der Waals surface area contributed by atoms with Crippen molar-refractivity contribution < 1.29 is 5.11 Å². The van der Waals surface area contributed by atoms with Gasteiger partial charge in [-0.1, -0.05) is 13.8 Å². The number of hydrogen-bond donors (Lipinski definition) is 1. The predicted molar refractivity (Wildman–Crippen MR) is 57.2 cm³/mol. The summed E-state index contributed by atoms with van der Waals surface area (Å²) in [6.45, 7) is 4.61. The highest BCUT2D eigenvalue weighted by Crippen LogP contribution is 2.01. The summed E-state index contributed by atoms with van der Waals surface area (Å²) in [5.74, 6) is -0.251. The Balaban J connectivity index is 3.36. The Morgan fingerprint density at radius 2 is 1.67 bits per heavy atom. The van der Waals surface area contributed by atoms with Gasteiger partial charge in [0.2, 0.25) is 5.88 Å². The van der Waals surface area contributed by atoms with Crippen molar-refractivity contribution in [3.63, 3.8) is 0 Å². The van der Waals surface area contributed by atoms with Crippen LogP contribution in [0.5, 0.6) is 5.88 Å².